The topological polar surface area (TPSA) is 64.1 Å². The van der Waals surface area contributed by atoms with Crippen molar-refractivity contribution in [2.45, 2.75) is 13.5 Å². The van der Waals surface area contributed by atoms with Gasteiger partial charge in [-0.25, -0.2) is 9.97 Å². The van der Waals surface area contributed by atoms with Gasteiger partial charge in [0.15, 0.2) is 0 Å². The number of rotatable bonds is 5. The number of anilines is 1. The molecule has 110 valence electrons. The average molecular weight is 324 g/mol. The number of nitrogens with zero attached hydrogens (tertiary/aromatic N) is 2. The Kier molecular flexibility index (Phi) is 5.03. The molecule has 1 aromatic carbocycles. The van der Waals surface area contributed by atoms with Crippen LogP contribution in [0.5, 0.6) is 5.75 Å². The second-order valence-electron chi connectivity index (χ2n) is 4.31. The molecule has 7 heteroatoms. The number of benzene rings is 1. The zero-order valence-electron chi connectivity index (χ0n) is 11.6. The van der Waals surface area contributed by atoms with Gasteiger partial charge in [0.05, 0.1) is 17.7 Å². The summed E-state index contributed by atoms with van der Waals surface area (Å²) >= 11 is 9.89. The van der Waals surface area contributed by atoms with E-state index in [2.05, 4.69) is 27.9 Å². The highest BCUT2D eigenvalue weighted by molar-refractivity contribution is 7.97. The molecule has 0 bridgehead atoms. The van der Waals surface area contributed by atoms with Gasteiger partial charge in [-0.3, -0.25) is 4.79 Å². The molecule has 0 radical (unpaired) electrons. The average Bonchev–Trinajstić information content (AvgIpc) is 2.45. The van der Waals surface area contributed by atoms with Gasteiger partial charge < -0.3 is 10.1 Å². The first-order chi connectivity index (χ1) is 10.0. The van der Waals surface area contributed by atoms with Gasteiger partial charge in [0.2, 0.25) is 5.12 Å². The molecule has 0 atom stereocenters. The third kappa shape index (κ3) is 3.86. The van der Waals surface area contributed by atoms with Crippen LogP contribution in [0.2, 0.25) is 5.02 Å². The smallest absolute Gasteiger partial charge is 0.221 e. The van der Waals surface area contributed by atoms with Gasteiger partial charge in [-0.15, -0.1) is 12.6 Å². The van der Waals surface area contributed by atoms with E-state index in [0.29, 0.717) is 34.5 Å². The van der Waals surface area contributed by atoms with Gasteiger partial charge in [0.25, 0.3) is 0 Å². The van der Waals surface area contributed by atoms with Crippen molar-refractivity contribution in [1.29, 1.82) is 0 Å². The number of carbonyl (C=O) groups excluding carboxylic acids is 1. The largest absolute Gasteiger partial charge is 0.495 e. The van der Waals surface area contributed by atoms with Crippen molar-refractivity contribution < 1.29 is 9.53 Å². The summed E-state index contributed by atoms with van der Waals surface area (Å²) < 4.78 is 5.10. The molecule has 0 aliphatic heterocycles. The SMILES string of the molecule is COc1ccc(CNc2nc(C)ncc2C(=O)S)cc1Cl. The number of nitrogens with one attached hydrogen (secondary N) is 1. The van der Waals surface area contributed by atoms with Crippen molar-refractivity contribution in [2.24, 2.45) is 0 Å². The van der Waals surface area contributed by atoms with Crippen LogP contribution < -0.4 is 10.1 Å². The normalized spacial score (nSPS) is 10.3. The molecule has 0 saturated heterocycles. The maximum Gasteiger partial charge on any atom is 0.221 e. The van der Waals surface area contributed by atoms with E-state index in [0.717, 1.165) is 5.56 Å². The maximum atomic E-state index is 11.4. The summed E-state index contributed by atoms with van der Waals surface area (Å²) in [5.74, 6) is 1.64. The number of ether oxygens (including phenoxy) is 1. The minimum Gasteiger partial charge on any atom is -0.495 e. The van der Waals surface area contributed by atoms with Crippen molar-refractivity contribution in [3.05, 3.63) is 46.4 Å². The molecule has 0 fully saturated rings. The Bertz CT molecular complexity index is 679. The molecule has 2 rings (SSSR count). The quantitative estimate of drug-likeness (QED) is 0.828. The number of halogens is 1. The predicted molar refractivity (Wildman–Crippen MR) is 85.4 cm³/mol. The first-order valence-corrected chi connectivity index (χ1v) is 6.97. The van der Waals surface area contributed by atoms with E-state index in [1.165, 1.54) is 6.20 Å². The van der Waals surface area contributed by atoms with E-state index in [4.69, 9.17) is 16.3 Å². The van der Waals surface area contributed by atoms with E-state index >= 15 is 0 Å². The van der Waals surface area contributed by atoms with Gasteiger partial charge in [-0.05, 0) is 24.6 Å². The fourth-order valence-corrected chi connectivity index (χ4v) is 2.21. The highest BCUT2D eigenvalue weighted by atomic mass is 35.5. The fraction of sp³-hybridized carbons (Fsp3) is 0.214. The number of aryl methyl sites for hydroxylation is 1. The lowest BCUT2D eigenvalue weighted by Gasteiger charge is -2.10. The van der Waals surface area contributed by atoms with E-state index in [1.54, 1.807) is 26.2 Å². The molecule has 0 spiro atoms. The van der Waals surface area contributed by atoms with Crippen LogP contribution >= 0.6 is 24.2 Å². The van der Waals surface area contributed by atoms with Crippen LogP contribution in [-0.2, 0) is 6.54 Å². The lowest BCUT2D eigenvalue weighted by atomic mass is 10.2. The minimum absolute atomic E-state index is 0.337. The highest BCUT2D eigenvalue weighted by Gasteiger charge is 2.11. The second kappa shape index (κ2) is 6.78. The number of methoxy groups -OCH3 is 1. The fourth-order valence-electron chi connectivity index (χ4n) is 1.77. The number of thiol groups is 1. The molecule has 2 aromatic rings. The lowest BCUT2D eigenvalue weighted by molar-refractivity contribution is 0.109. The van der Waals surface area contributed by atoms with Crippen molar-refractivity contribution in [2.75, 3.05) is 12.4 Å². The summed E-state index contributed by atoms with van der Waals surface area (Å²) in [4.78, 5) is 19.6. The van der Waals surface area contributed by atoms with Crippen LogP contribution in [0.1, 0.15) is 21.7 Å². The first-order valence-electron chi connectivity index (χ1n) is 6.14. The minimum atomic E-state index is -0.384. The monoisotopic (exact) mass is 323 g/mol. The zero-order valence-corrected chi connectivity index (χ0v) is 13.2. The molecular weight excluding hydrogens is 310 g/mol. The summed E-state index contributed by atoms with van der Waals surface area (Å²) in [7, 11) is 1.56. The third-order valence-electron chi connectivity index (χ3n) is 2.82. The van der Waals surface area contributed by atoms with Gasteiger partial charge in [0, 0.05) is 12.7 Å². The number of aromatic nitrogens is 2. The first kappa shape index (κ1) is 15.6. The Balaban J connectivity index is 2.18. The molecule has 1 N–H and O–H groups in total. The van der Waals surface area contributed by atoms with Crippen LogP contribution in [0.3, 0.4) is 0 Å². The van der Waals surface area contributed by atoms with Gasteiger partial charge >= 0.3 is 0 Å². The molecule has 5 nitrogen and oxygen atoms in total. The molecule has 0 unspecified atom stereocenters. The Labute approximate surface area is 133 Å². The lowest BCUT2D eigenvalue weighted by Crippen LogP contribution is -2.08. The van der Waals surface area contributed by atoms with Crippen molar-refractivity contribution in [1.82, 2.24) is 9.97 Å². The zero-order chi connectivity index (χ0) is 15.4. The highest BCUT2D eigenvalue weighted by Crippen LogP contribution is 2.25. The van der Waals surface area contributed by atoms with E-state index < -0.39 is 0 Å². The van der Waals surface area contributed by atoms with E-state index in [-0.39, 0.29) is 5.12 Å². The molecule has 0 saturated carbocycles. The standard InChI is InChI=1S/C14H14ClN3O2S/c1-8-16-7-10(14(19)21)13(18-8)17-6-9-3-4-12(20-2)11(15)5-9/h3-5,7H,6H2,1-2H3,(H,19,21)(H,16,17,18). The van der Waals surface area contributed by atoms with E-state index in [1.807, 2.05) is 6.07 Å². The van der Waals surface area contributed by atoms with Crippen molar-refractivity contribution in [3.63, 3.8) is 0 Å². The summed E-state index contributed by atoms with van der Waals surface area (Å²) in [5.41, 5.74) is 1.28. The summed E-state index contributed by atoms with van der Waals surface area (Å²) in [5, 5.41) is 3.24. The van der Waals surface area contributed by atoms with Crippen LogP contribution in [-0.4, -0.2) is 22.2 Å². The Morgan fingerprint density at radius 2 is 2.24 bits per heavy atom. The molecule has 1 aromatic heterocycles. The van der Waals surface area contributed by atoms with Gasteiger partial charge in [-0.2, -0.15) is 0 Å². The summed E-state index contributed by atoms with van der Waals surface area (Å²) in [6.45, 7) is 2.22. The second-order valence-corrected chi connectivity index (χ2v) is 5.12. The number of carbonyl (C=O) groups is 1. The van der Waals surface area contributed by atoms with Crippen molar-refractivity contribution in [3.8, 4) is 5.75 Å². The van der Waals surface area contributed by atoms with Crippen LogP contribution in [0.4, 0.5) is 5.82 Å². The molecule has 21 heavy (non-hydrogen) atoms. The molecular formula is C14H14ClN3O2S. The number of hydrogen-bond donors (Lipinski definition) is 2. The Morgan fingerprint density at radius 1 is 1.48 bits per heavy atom. The Morgan fingerprint density at radius 3 is 2.86 bits per heavy atom. The predicted octanol–water partition coefficient (Wildman–Crippen LogP) is 3.13. The van der Waals surface area contributed by atoms with Crippen LogP contribution in [0.15, 0.2) is 24.4 Å². The van der Waals surface area contributed by atoms with E-state index in [9.17, 15) is 4.79 Å². The van der Waals surface area contributed by atoms with Gasteiger partial charge in [-0.1, -0.05) is 17.7 Å². The third-order valence-corrected chi connectivity index (χ3v) is 3.35. The van der Waals surface area contributed by atoms with Crippen LogP contribution in [0.25, 0.3) is 0 Å². The van der Waals surface area contributed by atoms with Crippen molar-refractivity contribution >= 4 is 35.2 Å². The van der Waals surface area contributed by atoms with Gasteiger partial charge in [0.1, 0.15) is 17.4 Å². The summed E-state index contributed by atoms with van der Waals surface area (Å²) in [6.07, 6.45) is 1.46. The van der Waals surface area contributed by atoms with Crippen LogP contribution in [0, 0.1) is 6.92 Å². The molecule has 1 heterocycles. The summed E-state index contributed by atoms with van der Waals surface area (Å²) in [6, 6.07) is 5.47. The molecule has 0 aliphatic carbocycles. The molecule has 0 aliphatic rings. The Hall–Kier alpha value is -1.79. The number of hydrogen-bond acceptors (Lipinski definition) is 5. The maximum absolute atomic E-state index is 11.4. The molecule has 0 amide bonds.